The minimum Gasteiger partial charge on any atom is -0.388 e. The Hall–Kier alpha value is -1.21. The summed E-state index contributed by atoms with van der Waals surface area (Å²) in [6.07, 6.45) is 1.52. The van der Waals surface area contributed by atoms with Crippen molar-refractivity contribution in [3.05, 3.63) is 23.9 Å². The Bertz CT molecular complexity index is 557. The molecule has 3 N–H and O–H groups in total. The fourth-order valence-corrected chi connectivity index (χ4v) is 3.75. The molecular weight excluding hydrogens is 270 g/mol. The first kappa shape index (κ1) is 13.2. The number of hydrogen-bond acceptors (Lipinski definition) is 5. The third-order valence-electron chi connectivity index (χ3n) is 2.82. The van der Waals surface area contributed by atoms with Crippen molar-refractivity contribution in [2.45, 2.75) is 18.9 Å². The number of nitrogens with two attached hydrogens (primary N) is 1. The average Bonchev–Trinajstić information content (AvgIpc) is 2.28. The number of pyridine rings is 1. The van der Waals surface area contributed by atoms with E-state index >= 15 is 0 Å². The lowest BCUT2D eigenvalue weighted by Crippen LogP contribution is -2.35. The van der Waals surface area contributed by atoms with E-state index in [0.29, 0.717) is 17.9 Å². The van der Waals surface area contributed by atoms with Gasteiger partial charge < -0.3 is 11.1 Å². The van der Waals surface area contributed by atoms with Crippen LogP contribution < -0.4 is 11.1 Å². The van der Waals surface area contributed by atoms with Crippen LogP contribution in [0.25, 0.3) is 0 Å². The molecule has 0 bridgehead atoms. The van der Waals surface area contributed by atoms with Gasteiger partial charge in [0.15, 0.2) is 9.84 Å². The van der Waals surface area contributed by atoms with Gasteiger partial charge in [-0.1, -0.05) is 18.3 Å². The van der Waals surface area contributed by atoms with E-state index in [1.807, 2.05) is 0 Å². The fraction of sp³-hybridized carbons (Fsp3) is 0.455. The number of rotatable bonds is 3. The maximum atomic E-state index is 11.5. The van der Waals surface area contributed by atoms with Gasteiger partial charge in [0.1, 0.15) is 10.8 Å². The van der Waals surface area contributed by atoms with Crippen molar-refractivity contribution < 1.29 is 8.42 Å². The van der Waals surface area contributed by atoms with Crippen LogP contribution >= 0.6 is 12.2 Å². The molecule has 18 heavy (non-hydrogen) atoms. The van der Waals surface area contributed by atoms with E-state index in [9.17, 15) is 8.42 Å². The highest BCUT2D eigenvalue weighted by Gasteiger charge is 2.24. The van der Waals surface area contributed by atoms with Crippen LogP contribution in [0.2, 0.25) is 0 Å². The van der Waals surface area contributed by atoms with Crippen LogP contribution in [0.5, 0.6) is 0 Å². The van der Waals surface area contributed by atoms with Gasteiger partial charge in [-0.2, -0.15) is 0 Å². The molecule has 98 valence electrons. The minimum atomic E-state index is -2.92. The van der Waals surface area contributed by atoms with Gasteiger partial charge in [0.2, 0.25) is 0 Å². The van der Waals surface area contributed by atoms with Crippen LogP contribution in [0.1, 0.15) is 18.5 Å². The number of thiocarbonyl (C=S) groups is 1. The van der Waals surface area contributed by atoms with Crippen molar-refractivity contribution in [2.24, 2.45) is 5.73 Å². The highest BCUT2D eigenvalue weighted by molar-refractivity contribution is 7.91. The lowest BCUT2D eigenvalue weighted by atomic mass is 10.2. The van der Waals surface area contributed by atoms with Crippen LogP contribution in [0.3, 0.4) is 0 Å². The SMILES string of the molecule is NC(=S)c1cccc(NC2CCCS(=O)(=O)C2)n1. The van der Waals surface area contributed by atoms with Crippen molar-refractivity contribution in [1.82, 2.24) is 4.98 Å². The summed E-state index contributed by atoms with van der Waals surface area (Å²) in [7, 11) is -2.92. The smallest absolute Gasteiger partial charge is 0.152 e. The van der Waals surface area contributed by atoms with Crippen molar-refractivity contribution >= 4 is 32.9 Å². The molecule has 0 amide bonds. The quantitative estimate of drug-likeness (QED) is 0.795. The summed E-state index contributed by atoms with van der Waals surface area (Å²) in [5, 5.41) is 3.13. The number of hydrogen-bond donors (Lipinski definition) is 2. The summed E-state index contributed by atoms with van der Waals surface area (Å²) in [6.45, 7) is 0. The standard InChI is InChI=1S/C11H15N3O2S2/c12-11(17)9-4-1-5-10(14-9)13-8-3-2-6-18(15,16)7-8/h1,4-5,8H,2-3,6-7H2,(H2,12,17)(H,13,14). The molecule has 1 aliphatic heterocycles. The minimum absolute atomic E-state index is 0.0853. The maximum absolute atomic E-state index is 11.5. The van der Waals surface area contributed by atoms with Gasteiger partial charge in [0.25, 0.3) is 0 Å². The molecule has 2 rings (SSSR count). The van der Waals surface area contributed by atoms with Gasteiger partial charge in [0, 0.05) is 6.04 Å². The van der Waals surface area contributed by atoms with Crippen LogP contribution in [0.15, 0.2) is 18.2 Å². The zero-order chi connectivity index (χ0) is 13.2. The Morgan fingerprint density at radius 1 is 1.50 bits per heavy atom. The molecule has 0 aliphatic carbocycles. The van der Waals surface area contributed by atoms with Gasteiger partial charge in [-0.25, -0.2) is 13.4 Å². The van der Waals surface area contributed by atoms with Crippen LogP contribution in [0.4, 0.5) is 5.82 Å². The third-order valence-corrected chi connectivity index (χ3v) is 4.85. The molecule has 1 atom stereocenters. The number of aromatic nitrogens is 1. The molecule has 1 fully saturated rings. The molecule has 1 aliphatic rings. The number of anilines is 1. The molecule has 7 heteroatoms. The van der Waals surface area contributed by atoms with Crippen LogP contribution in [0, 0.1) is 0 Å². The molecular formula is C11H15N3O2S2. The van der Waals surface area contributed by atoms with Crippen LogP contribution in [-0.2, 0) is 9.84 Å². The van der Waals surface area contributed by atoms with E-state index in [1.54, 1.807) is 18.2 Å². The lowest BCUT2D eigenvalue weighted by molar-refractivity contribution is 0.561. The third kappa shape index (κ3) is 3.39. The molecule has 1 aromatic heterocycles. The predicted molar refractivity (Wildman–Crippen MR) is 75.4 cm³/mol. The Morgan fingerprint density at radius 2 is 2.28 bits per heavy atom. The highest BCUT2D eigenvalue weighted by Crippen LogP contribution is 2.16. The molecule has 0 radical (unpaired) electrons. The zero-order valence-corrected chi connectivity index (χ0v) is 11.4. The van der Waals surface area contributed by atoms with Gasteiger partial charge in [-0.3, -0.25) is 0 Å². The van der Waals surface area contributed by atoms with E-state index < -0.39 is 9.84 Å². The van der Waals surface area contributed by atoms with Crippen LogP contribution in [-0.4, -0.2) is 35.9 Å². The van der Waals surface area contributed by atoms with Gasteiger partial charge in [-0.05, 0) is 25.0 Å². The van der Waals surface area contributed by atoms with Crippen molar-refractivity contribution in [2.75, 3.05) is 16.8 Å². The van der Waals surface area contributed by atoms with E-state index in [-0.39, 0.29) is 22.5 Å². The van der Waals surface area contributed by atoms with Gasteiger partial charge >= 0.3 is 0 Å². The second kappa shape index (κ2) is 5.19. The molecule has 5 nitrogen and oxygen atoms in total. The summed E-state index contributed by atoms with van der Waals surface area (Å²) in [5.41, 5.74) is 6.04. The monoisotopic (exact) mass is 285 g/mol. The Labute approximate surface area is 112 Å². The summed E-state index contributed by atoms with van der Waals surface area (Å²) >= 11 is 4.85. The second-order valence-corrected chi connectivity index (χ2v) is 7.04. The van der Waals surface area contributed by atoms with E-state index in [1.165, 1.54) is 0 Å². The highest BCUT2D eigenvalue weighted by atomic mass is 32.2. The van der Waals surface area contributed by atoms with E-state index in [0.717, 1.165) is 6.42 Å². The molecule has 2 heterocycles. The van der Waals surface area contributed by atoms with E-state index in [4.69, 9.17) is 18.0 Å². The molecule has 1 unspecified atom stereocenters. The van der Waals surface area contributed by atoms with Crippen molar-refractivity contribution in [3.8, 4) is 0 Å². The van der Waals surface area contributed by atoms with Gasteiger partial charge in [-0.15, -0.1) is 0 Å². The lowest BCUT2D eigenvalue weighted by Gasteiger charge is -2.23. The first-order chi connectivity index (χ1) is 8.46. The van der Waals surface area contributed by atoms with Gasteiger partial charge in [0.05, 0.1) is 17.2 Å². The summed E-state index contributed by atoms with van der Waals surface area (Å²) in [6, 6.07) is 5.22. The summed E-state index contributed by atoms with van der Waals surface area (Å²) in [5.74, 6) is 1.06. The van der Waals surface area contributed by atoms with Crippen molar-refractivity contribution in [3.63, 3.8) is 0 Å². The number of sulfone groups is 1. The summed E-state index contributed by atoms with van der Waals surface area (Å²) < 4.78 is 23.1. The fourth-order valence-electron chi connectivity index (χ4n) is 2.00. The largest absolute Gasteiger partial charge is 0.388 e. The molecule has 1 saturated heterocycles. The first-order valence-electron chi connectivity index (χ1n) is 5.70. The molecule has 0 aromatic carbocycles. The van der Waals surface area contributed by atoms with Crippen molar-refractivity contribution in [1.29, 1.82) is 0 Å². The Kier molecular flexibility index (Phi) is 3.82. The van der Waals surface area contributed by atoms with E-state index in [2.05, 4.69) is 10.3 Å². The first-order valence-corrected chi connectivity index (χ1v) is 7.93. The molecule has 0 spiro atoms. The second-order valence-electron chi connectivity index (χ2n) is 4.37. The molecule has 1 aromatic rings. The predicted octanol–water partition coefficient (Wildman–Crippen LogP) is 0.705. The Balaban J connectivity index is 2.09. The maximum Gasteiger partial charge on any atom is 0.152 e. The zero-order valence-electron chi connectivity index (χ0n) is 9.80. The summed E-state index contributed by atoms with van der Waals surface area (Å²) in [4.78, 5) is 4.47. The normalized spacial score (nSPS) is 22.3. The average molecular weight is 285 g/mol. The Morgan fingerprint density at radius 3 is 2.94 bits per heavy atom. The number of nitrogens with one attached hydrogen (secondary N) is 1. The molecule has 0 saturated carbocycles. The topological polar surface area (TPSA) is 85.1 Å². The number of nitrogens with zero attached hydrogens (tertiary/aromatic N) is 1.